The molecule has 1 rings (SSSR count). The molecule has 0 aromatic heterocycles. The third-order valence-electron chi connectivity index (χ3n) is 2.29. The first-order chi connectivity index (χ1) is 8.58. The minimum absolute atomic E-state index is 0.0505. The molecule has 1 aromatic rings. The lowest BCUT2D eigenvalue weighted by molar-refractivity contribution is -0.127. The number of halogens is 1. The molecular formula is C13H15FN2O2. The van der Waals surface area contributed by atoms with Gasteiger partial charge in [-0.2, -0.15) is 5.26 Å². The fourth-order valence-corrected chi connectivity index (χ4v) is 1.31. The summed E-state index contributed by atoms with van der Waals surface area (Å²) in [4.78, 5) is 11.5. The van der Waals surface area contributed by atoms with Crippen molar-refractivity contribution in [3.05, 3.63) is 29.6 Å². The predicted octanol–water partition coefficient (Wildman–Crippen LogP) is 1.99. The number of hydrogen-bond donors (Lipinski definition) is 1. The Morgan fingerprint density at radius 2 is 2.33 bits per heavy atom. The predicted molar refractivity (Wildman–Crippen MR) is 64.5 cm³/mol. The minimum Gasteiger partial charge on any atom is -0.481 e. The van der Waals surface area contributed by atoms with Crippen LogP contribution in [0.15, 0.2) is 18.2 Å². The van der Waals surface area contributed by atoms with Crippen molar-refractivity contribution in [1.82, 2.24) is 5.32 Å². The second-order valence-electron chi connectivity index (χ2n) is 3.80. The highest BCUT2D eigenvalue weighted by Gasteiger charge is 2.14. The van der Waals surface area contributed by atoms with Crippen LogP contribution >= 0.6 is 0 Å². The van der Waals surface area contributed by atoms with Gasteiger partial charge in [-0.3, -0.25) is 4.79 Å². The summed E-state index contributed by atoms with van der Waals surface area (Å²) in [6.45, 7) is 4.11. The maximum Gasteiger partial charge on any atom is 0.260 e. The topological polar surface area (TPSA) is 62.1 Å². The van der Waals surface area contributed by atoms with Crippen molar-refractivity contribution < 1.29 is 13.9 Å². The fraction of sp³-hybridized carbons (Fsp3) is 0.385. The van der Waals surface area contributed by atoms with Gasteiger partial charge >= 0.3 is 0 Å². The molecule has 18 heavy (non-hydrogen) atoms. The molecule has 0 heterocycles. The molecule has 96 valence electrons. The van der Waals surface area contributed by atoms with Crippen LogP contribution in [0.3, 0.4) is 0 Å². The molecule has 0 aliphatic heterocycles. The lowest BCUT2D eigenvalue weighted by Gasteiger charge is -2.14. The van der Waals surface area contributed by atoms with E-state index in [1.54, 1.807) is 13.0 Å². The summed E-state index contributed by atoms with van der Waals surface area (Å²) in [6, 6.07) is 5.60. The number of carbonyl (C=O) groups is 1. The van der Waals surface area contributed by atoms with Gasteiger partial charge < -0.3 is 10.1 Å². The highest BCUT2D eigenvalue weighted by Crippen LogP contribution is 2.17. The van der Waals surface area contributed by atoms with Crippen LogP contribution in [0.1, 0.15) is 25.8 Å². The van der Waals surface area contributed by atoms with E-state index in [1.165, 1.54) is 12.1 Å². The number of carbonyl (C=O) groups excluding carboxylic acids is 1. The van der Waals surface area contributed by atoms with E-state index in [4.69, 9.17) is 10.00 Å². The van der Waals surface area contributed by atoms with Gasteiger partial charge in [-0.05, 0) is 25.5 Å². The Hall–Kier alpha value is -2.09. The van der Waals surface area contributed by atoms with Gasteiger partial charge in [0.15, 0.2) is 6.10 Å². The zero-order chi connectivity index (χ0) is 13.5. The first-order valence-electron chi connectivity index (χ1n) is 5.72. The Bertz CT molecular complexity index is 469. The van der Waals surface area contributed by atoms with Crippen LogP contribution < -0.4 is 10.1 Å². The Labute approximate surface area is 105 Å². The molecule has 5 heteroatoms. The fourth-order valence-electron chi connectivity index (χ4n) is 1.31. The third kappa shape index (κ3) is 3.74. The molecule has 1 N–H and O–H groups in total. The summed E-state index contributed by atoms with van der Waals surface area (Å²) >= 11 is 0. The van der Waals surface area contributed by atoms with Crippen molar-refractivity contribution in [3.63, 3.8) is 0 Å². The molecule has 0 radical (unpaired) electrons. The lowest BCUT2D eigenvalue weighted by Crippen LogP contribution is -2.36. The molecule has 1 amide bonds. The van der Waals surface area contributed by atoms with Crippen LogP contribution in [0.4, 0.5) is 4.39 Å². The lowest BCUT2D eigenvalue weighted by atomic mass is 10.2. The number of hydrogen-bond acceptors (Lipinski definition) is 3. The van der Waals surface area contributed by atoms with E-state index in [2.05, 4.69) is 5.32 Å². The standard InChI is InChI=1S/C13H15FN2O2/c1-3-6-16-13(17)9(2)18-11-5-4-10(8-15)12(14)7-11/h4-5,7,9H,3,6H2,1-2H3,(H,16,17). The number of nitrogens with one attached hydrogen (secondary N) is 1. The number of nitrogens with zero attached hydrogens (tertiary/aromatic N) is 1. The summed E-state index contributed by atoms with van der Waals surface area (Å²) in [5, 5.41) is 11.3. The third-order valence-corrected chi connectivity index (χ3v) is 2.29. The van der Waals surface area contributed by atoms with Crippen molar-refractivity contribution in [2.45, 2.75) is 26.4 Å². The minimum atomic E-state index is -0.705. The molecule has 4 nitrogen and oxygen atoms in total. The molecule has 0 saturated carbocycles. The molecule has 0 spiro atoms. The zero-order valence-corrected chi connectivity index (χ0v) is 10.4. The van der Waals surface area contributed by atoms with Gasteiger partial charge in [0.25, 0.3) is 5.91 Å². The van der Waals surface area contributed by atoms with Crippen LogP contribution in [0.25, 0.3) is 0 Å². The molecule has 0 aliphatic carbocycles. The van der Waals surface area contributed by atoms with Crippen LogP contribution in [0.5, 0.6) is 5.75 Å². The van der Waals surface area contributed by atoms with Gasteiger partial charge in [-0.25, -0.2) is 4.39 Å². The van der Waals surface area contributed by atoms with E-state index in [1.807, 2.05) is 6.92 Å². The Morgan fingerprint density at radius 3 is 2.89 bits per heavy atom. The van der Waals surface area contributed by atoms with Gasteiger partial charge in [0.1, 0.15) is 17.6 Å². The highest BCUT2D eigenvalue weighted by atomic mass is 19.1. The highest BCUT2D eigenvalue weighted by molar-refractivity contribution is 5.80. The van der Waals surface area contributed by atoms with Gasteiger partial charge in [0, 0.05) is 12.6 Å². The van der Waals surface area contributed by atoms with E-state index in [-0.39, 0.29) is 17.2 Å². The van der Waals surface area contributed by atoms with Gasteiger partial charge in [0.2, 0.25) is 0 Å². The Morgan fingerprint density at radius 1 is 1.61 bits per heavy atom. The first kappa shape index (κ1) is 14.0. The molecular weight excluding hydrogens is 235 g/mol. The largest absolute Gasteiger partial charge is 0.481 e. The van der Waals surface area contributed by atoms with E-state index in [0.717, 1.165) is 12.5 Å². The number of amides is 1. The second-order valence-corrected chi connectivity index (χ2v) is 3.80. The van der Waals surface area contributed by atoms with Crippen molar-refractivity contribution in [2.24, 2.45) is 0 Å². The molecule has 1 unspecified atom stereocenters. The van der Waals surface area contributed by atoms with Crippen molar-refractivity contribution >= 4 is 5.91 Å². The zero-order valence-electron chi connectivity index (χ0n) is 10.4. The quantitative estimate of drug-likeness (QED) is 0.869. The summed E-state index contributed by atoms with van der Waals surface area (Å²) < 4.78 is 18.6. The molecule has 0 aliphatic rings. The van der Waals surface area contributed by atoms with Gasteiger partial charge in [0.05, 0.1) is 5.56 Å². The molecule has 0 saturated heterocycles. The van der Waals surface area contributed by atoms with Crippen LogP contribution in [0, 0.1) is 17.1 Å². The van der Waals surface area contributed by atoms with Crippen molar-refractivity contribution in [3.8, 4) is 11.8 Å². The Kier molecular flexibility index (Phi) is 5.12. The summed E-state index contributed by atoms with van der Waals surface area (Å²) in [5.41, 5.74) is -0.0505. The number of ether oxygens (including phenoxy) is 1. The smallest absolute Gasteiger partial charge is 0.260 e. The molecule has 1 aromatic carbocycles. The summed E-state index contributed by atoms with van der Waals surface area (Å²) in [6.07, 6.45) is 0.133. The number of rotatable bonds is 5. The van der Waals surface area contributed by atoms with Crippen molar-refractivity contribution in [1.29, 1.82) is 5.26 Å². The Balaban J connectivity index is 2.65. The van der Waals surface area contributed by atoms with E-state index in [9.17, 15) is 9.18 Å². The first-order valence-corrected chi connectivity index (χ1v) is 5.72. The average Bonchev–Trinajstić information content (AvgIpc) is 2.36. The van der Waals surface area contributed by atoms with Crippen LogP contribution in [-0.2, 0) is 4.79 Å². The maximum absolute atomic E-state index is 13.3. The second kappa shape index (κ2) is 6.60. The molecule has 1 atom stereocenters. The van der Waals surface area contributed by atoms with Gasteiger partial charge in [-0.15, -0.1) is 0 Å². The number of nitriles is 1. The SMILES string of the molecule is CCCNC(=O)C(C)Oc1ccc(C#N)c(F)c1. The molecule has 0 fully saturated rings. The van der Waals surface area contributed by atoms with Crippen LogP contribution in [0.2, 0.25) is 0 Å². The average molecular weight is 250 g/mol. The van der Waals surface area contributed by atoms with Crippen LogP contribution in [-0.4, -0.2) is 18.6 Å². The summed E-state index contributed by atoms with van der Waals surface area (Å²) in [7, 11) is 0. The van der Waals surface area contributed by atoms with Crippen molar-refractivity contribution in [2.75, 3.05) is 6.54 Å². The van der Waals surface area contributed by atoms with E-state index >= 15 is 0 Å². The monoisotopic (exact) mass is 250 g/mol. The van der Waals surface area contributed by atoms with E-state index in [0.29, 0.717) is 6.54 Å². The van der Waals surface area contributed by atoms with E-state index < -0.39 is 11.9 Å². The molecule has 0 bridgehead atoms. The van der Waals surface area contributed by atoms with Gasteiger partial charge in [-0.1, -0.05) is 6.92 Å². The normalized spacial score (nSPS) is 11.4. The maximum atomic E-state index is 13.3. The summed E-state index contributed by atoms with van der Waals surface area (Å²) in [5.74, 6) is -0.677. The number of benzene rings is 1.